The van der Waals surface area contributed by atoms with E-state index in [9.17, 15) is 8.78 Å². The molecule has 0 radical (unpaired) electrons. The summed E-state index contributed by atoms with van der Waals surface area (Å²) in [6, 6.07) is 8.77. The van der Waals surface area contributed by atoms with Crippen molar-refractivity contribution in [3.8, 4) is 11.8 Å². The van der Waals surface area contributed by atoms with Crippen LogP contribution in [0.4, 0.5) is 14.5 Å². The Morgan fingerprint density at radius 2 is 1.83 bits per heavy atom. The van der Waals surface area contributed by atoms with Crippen LogP contribution in [0.25, 0.3) is 6.08 Å². The molecule has 2 aromatic rings. The molecule has 2 aliphatic rings. The molecule has 4 rings (SSSR count). The first-order valence-corrected chi connectivity index (χ1v) is 10.4. The topological polar surface area (TPSA) is 12.4 Å². The molecular formula is C25H21F2NS. The number of thiocarbonyl (C=S) groups is 1. The molecule has 29 heavy (non-hydrogen) atoms. The maximum Gasteiger partial charge on any atom is 0.151 e. The molecule has 0 unspecified atom stereocenters. The maximum absolute atomic E-state index is 14.1. The van der Waals surface area contributed by atoms with Crippen LogP contribution in [0.15, 0.2) is 40.9 Å². The van der Waals surface area contributed by atoms with Crippen molar-refractivity contribution in [2.45, 2.75) is 44.9 Å². The van der Waals surface area contributed by atoms with Crippen molar-refractivity contribution in [1.82, 2.24) is 0 Å². The predicted molar refractivity (Wildman–Crippen MR) is 116 cm³/mol. The standard InChI is InChI=1S/C25H21F2NS/c26-23-15-25(28-16-29)24(27)14-22(23)10-6-18-5-8-21-13-19(7-9-20(21)12-18)11-17-3-1-2-4-17/h7,9,12-15,17H,1-5,8,11H2. The zero-order chi connectivity index (χ0) is 20.2. The first-order valence-electron chi connectivity index (χ1n) is 10.0. The highest BCUT2D eigenvalue weighted by molar-refractivity contribution is 7.78. The molecule has 0 N–H and O–H groups in total. The fraction of sp³-hybridized carbons (Fsp3) is 0.320. The van der Waals surface area contributed by atoms with Crippen LogP contribution in [0.3, 0.4) is 0 Å². The average Bonchev–Trinajstić information content (AvgIpc) is 3.22. The summed E-state index contributed by atoms with van der Waals surface area (Å²) in [5.41, 5.74) is 4.74. The molecule has 1 saturated carbocycles. The maximum atomic E-state index is 14.1. The smallest absolute Gasteiger partial charge is 0.151 e. The summed E-state index contributed by atoms with van der Waals surface area (Å²) in [4.78, 5) is 3.51. The predicted octanol–water partition coefficient (Wildman–Crippen LogP) is 6.81. The molecule has 0 heterocycles. The zero-order valence-corrected chi connectivity index (χ0v) is 16.9. The summed E-state index contributed by atoms with van der Waals surface area (Å²) in [7, 11) is 0. The number of hydrogen-bond acceptors (Lipinski definition) is 2. The number of isothiocyanates is 1. The lowest BCUT2D eigenvalue weighted by molar-refractivity contribution is 0.546. The van der Waals surface area contributed by atoms with Crippen molar-refractivity contribution in [3.63, 3.8) is 0 Å². The van der Waals surface area contributed by atoms with Gasteiger partial charge in [0.1, 0.15) is 11.5 Å². The number of fused-ring (bicyclic) bond motifs is 1. The molecule has 2 aliphatic carbocycles. The van der Waals surface area contributed by atoms with Gasteiger partial charge in [-0.1, -0.05) is 55.7 Å². The van der Waals surface area contributed by atoms with Gasteiger partial charge in [-0.2, -0.15) is 4.99 Å². The van der Waals surface area contributed by atoms with Crippen molar-refractivity contribution in [2.75, 3.05) is 0 Å². The lowest BCUT2D eigenvalue weighted by atomic mass is 9.88. The highest BCUT2D eigenvalue weighted by Gasteiger charge is 2.17. The van der Waals surface area contributed by atoms with E-state index in [1.165, 1.54) is 48.8 Å². The number of aryl methyl sites for hydroxylation is 1. The van der Waals surface area contributed by atoms with E-state index in [2.05, 4.69) is 53.3 Å². The van der Waals surface area contributed by atoms with Gasteiger partial charge in [-0.3, -0.25) is 0 Å². The van der Waals surface area contributed by atoms with Crippen LogP contribution >= 0.6 is 12.2 Å². The molecule has 0 atom stereocenters. The lowest BCUT2D eigenvalue weighted by Crippen LogP contribution is -2.03. The largest absolute Gasteiger partial charge is 0.206 e. The van der Waals surface area contributed by atoms with E-state index < -0.39 is 11.6 Å². The molecule has 1 nitrogen and oxygen atoms in total. The molecule has 4 heteroatoms. The average molecular weight is 406 g/mol. The van der Waals surface area contributed by atoms with E-state index in [0.29, 0.717) is 0 Å². The van der Waals surface area contributed by atoms with Gasteiger partial charge in [0.15, 0.2) is 5.82 Å². The molecule has 1 fully saturated rings. The number of halogens is 2. The Morgan fingerprint density at radius 1 is 1.00 bits per heavy atom. The van der Waals surface area contributed by atoms with Gasteiger partial charge in [0.25, 0.3) is 0 Å². The van der Waals surface area contributed by atoms with Gasteiger partial charge in [-0.25, -0.2) is 8.78 Å². The first-order chi connectivity index (χ1) is 14.1. The summed E-state index contributed by atoms with van der Waals surface area (Å²) in [5, 5.41) is 2.04. The third kappa shape index (κ3) is 4.70. The number of allylic oxidation sites excluding steroid dienone is 1. The van der Waals surface area contributed by atoms with E-state index in [4.69, 9.17) is 0 Å². The van der Waals surface area contributed by atoms with Crippen molar-refractivity contribution in [1.29, 1.82) is 0 Å². The second kappa shape index (κ2) is 8.82. The minimum Gasteiger partial charge on any atom is -0.206 e. The summed E-state index contributed by atoms with van der Waals surface area (Å²) in [6.07, 6.45) is 10.4. The number of rotatable bonds is 3. The van der Waals surface area contributed by atoms with Gasteiger partial charge < -0.3 is 0 Å². The van der Waals surface area contributed by atoms with E-state index in [1.807, 2.05) is 5.16 Å². The quantitative estimate of drug-likeness (QED) is 0.310. The monoisotopic (exact) mass is 405 g/mol. The fourth-order valence-corrected chi connectivity index (χ4v) is 4.33. The Balaban J connectivity index is 1.53. The highest BCUT2D eigenvalue weighted by Crippen LogP contribution is 2.30. The van der Waals surface area contributed by atoms with Crippen molar-refractivity contribution >= 4 is 29.1 Å². The van der Waals surface area contributed by atoms with Crippen LogP contribution < -0.4 is 0 Å². The van der Waals surface area contributed by atoms with Crippen molar-refractivity contribution < 1.29 is 8.78 Å². The van der Waals surface area contributed by atoms with Crippen molar-refractivity contribution in [3.05, 3.63) is 69.8 Å². The SMILES string of the molecule is Fc1cc(N=C=S)c(F)cc1C#CC1=Cc2ccc(CC3CCCC3)cc2CC1. The minimum atomic E-state index is -0.661. The highest BCUT2D eigenvalue weighted by atomic mass is 32.1. The van der Waals surface area contributed by atoms with Crippen LogP contribution in [0, 0.1) is 29.4 Å². The van der Waals surface area contributed by atoms with Crippen LogP contribution in [0.2, 0.25) is 0 Å². The Labute approximate surface area is 175 Å². The summed E-state index contributed by atoms with van der Waals surface area (Å²) in [6.45, 7) is 0. The molecule has 0 saturated heterocycles. The molecule has 2 aromatic carbocycles. The van der Waals surface area contributed by atoms with Gasteiger partial charge in [0.05, 0.1) is 10.7 Å². The zero-order valence-electron chi connectivity index (χ0n) is 16.1. The Bertz CT molecular complexity index is 1080. The second-order valence-corrected chi connectivity index (χ2v) is 7.98. The lowest BCUT2D eigenvalue weighted by Gasteiger charge is -2.16. The van der Waals surface area contributed by atoms with E-state index in [-0.39, 0.29) is 11.3 Å². The van der Waals surface area contributed by atoms with Crippen LogP contribution in [0.5, 0.6) is 0 Å². The Morgan fingerprint density at radius 3 is 2.62 bits per heavy atom. The van der Waals surface area contributed by atoms with Crippen LogP contribution in [-0.4, -0.2) is 5.16 Å². The minimum absolute atomic E-state index is 0.0180. The number of nitrogens with zero attached hydrogens (tertiary/aromatic N) is 1. The van der Waals surface area contributed by atoms with E-state index in [1.54, 1.807) is 0 Å². The van der Waals surface area contributed by atoms with Gasteiger partial charge in [-0.15, -0.1) is 0 Å². The fourth-order valence-electron chi connectivity index (χ4n) is 4.23. The number of hydrogen-bond donors (Lipinski definition) is 0. The third-order valence-electron chi connectivity index (χ3n) is 5.76. The summed E-state index contributed by atoms with van der Waals surface area (Å²) < 4.78 is 28.1. The molecule has 0 spiro atoms. The second-order valence-electron chi connectivity index (χ2n) is 7.79. The Kier molecular flexibility index (Phi) is 6.00. The van der Waals surface area contributed by atoms with Gasteiger partial charge in [-0.05, 0) is 66.2 Å². The Hall–Kier alpha value is -2.60. The molecule has 0 bridgehead atoms. The third-order valence-corrected chi connectivity index (χ3v) is 5.85. The molecule has 0 amide bonds. The molecule has 146 valence electrons. The van der Waals surface area contributed by atoms with Crippen LogP contribution in [-0.2, 0) is 12.8 Å². The van der Waals surface area contributed by atoms with Crippen molar-refractivity contribution in [2.24, 2.45) is 10.9 Å². The number of aliphatic imine (C=N–C) groups is 1. The first kappa shape index (κ1) is 19.7. The number of benzene rings is 2. The molecular weight excluding hydrogens is 384 g/mol. The van der Waals surface area contributed by atoms with Gasteiger partial charge in [0, 0.05) is 11.6 Å². The van der Waals surface area contributed by atoms with Crippen LogP contribution in [0.1, 0.15) is 54.4 Å². The van der Waals surface area contributed by atoms with Gasteiger partial charge in [0.2, 0.25) is 0 Å². The molecule has 0 aromatic heterocycles. The normalized spacial score (nSPS) is 15.7. The summed E-state index contributed by atoms with van der Waals surface area (Å²) >= 11 is 4.44. The summed E-state index contributed by atoms with van der Waals surface area (Å²) in [5.74, 6) is 5.33. The van der Waals surface area contributed by atoms with E-state index >= 15 is 0 Å². The van der Waals surface area contributed by atoms with Gasteiger partial charge >= 0.3 is 0 Å². The van der Waals surface area contributed by atoms with E-state index in [0.717, 1.165) is 36.5 Å². The molecule has 0 aliphatic heterocycles.